The van der Waals surface area contributed by atoms with Crippen LogP contribution in [0.1, 0.15) is 65.2 Å². The van der Waals surface area contributed by atoms with E-state index in [2.05, 4.69) is 6.92 Å². The monoisotopic (exact) mass is 228 g/mol. The summed E-state index contributed by atoms with van der Waals surface area (Å²) >= 11 is 0. The van der Waals surface area contributed by atoms with Crippen LogP contribution >= 0.6 is 0 Å². The summed E-state index contributed by atoms with van der Waals surface area (Å²) in [5.41, 5.74) is 0. The van der Waals surface area contributed by atoms with Crippen molar-refractivity contribution >= 4 is 0 Å². The van der Waals surface area contributed by atoms with E-state index < -0.39 is 0 Å². The minimum absolute atomic E-state index is 0.270. The summed E-state index contributed by atoms with van der Waals surface area (Å²) in [6.45, 7) is 4.78. The van der Waals surface area contributed by atoms with Gasteiger partial charge in [-0.15, -0.1) is 0 Å². The summed E-state index contributed by atoms with van der Waals surface area (Å²) in [7, 11) is 0. The number of ether oxygens (including phenoxy) is 1. The van der Waals surface area contributed by atoms with E-state index in [9.17, 15) is 5.11 Å². The van der Waals surface area contributed by atoms with Crippen LogP contribution in [0.25, 0.3) is 0 Å². The normalized spacial score (nSPS) is 27.9. The third kappa shape index (κ3) is 4.84. The highest BCUT2D eigenvalue weighted by atomic mass is 16.5. The minimum Gasteiger partial charge on any atom is -0.391 e. The molecule has 2 heteroatoms. The van der Waals surface area contributed by atoms with Gasteiger partial charge in [-0.05, 0) is 31.6 Å². The highest BCUT2D eigenvalue weighted by Crippen LogP contribution is 2.30. The van der Waals surface area contributed by atoms with Gasteiger partial charge in [0.05, 0.1) is 18.8 Å². The number of aliphatic hydroxyl groups is 1. The maximum Gasteiger partial charge on any atom is 0.0771 e. The lowest BCUT2D eigenvalue weighted by Crippen LogP contribution is -2.30. The van der Waals surface area contributed by atoms with Gasteiger partial charge in [0.15, 0.2) is 0 Å². The molecule has 0 aromatic rings. The molecule has 0 spiro atoms. The largest absolute Gasteiger partial charge is 0.391 e. The first-order chi connectivity index (χ1) is 7.77. The summed E-state index contributed by atoms with van der Waals surface area (Å²) in [4.78, 5) is 0. The Hall–Kier alpha value is -0.0800. The molecule has 3 atom stereocenters. The Morgan fingerprint density at radius 2 is 2.00 bits per heavy atom. The second-order valence-corrected chi connectivity index (χ2v) is 5.12. The maximum atomic E-state index is 9.53. The average molecular weight is 228 g/mol. The van der Waals surface area contributed by atoms with Crippen molar-refractivity contribution in [3.8, 4) is 0 Å². The van der Waals surface area contributed by atoms with E-state index >= 15 is 0 Å². The maximum absolute atomic E-state index is 9.53. The predicted octanol–water partition coefficient (Wildman–Crippen LogP) is 3.52. The highest BCUT2D eigenvalue weighted by molar-refractivity contribution is 4.76. The molecule has 0 bridgehead atoms. The molecule has 0 aliphatic heterocycles. The van der Waals surface area contributed by atoms with Crippen molar-refractivity contribution in [3.63, 3.8) is 0 Å². The number of hydrogen-bond donors (Lipinski definition) is 1. The zero-order chi connectivity index (χ0) is 11.8. The molecule has 0 amide bonds. The molecular formula is C14H28O2. The zero-order valence-corrected chi connectivity index (χ0v) is 11.0. The van der Waals surface area contributed by atoms with Crippen molar-refractivity contribution in [2.75, 3.05) is 6.61 Å². The Morgan fingerprint density at radius 1 is 1.25 bits per heavy atom. The van der Waals surface area contributed by atoms with Crippen molar-refractivity contribution in [3.05, 3.63) is 0 Å². The average Bonchev–Trinajstić information content (AvgIpc) is 2.34. The molecule has 16 heavy (non-hydrogen) atoms. The Kier molecular flexibility index (Phi) is 7.06. The van der Waals surface area contributed by atoms with E-state index in [0.29, 0.717) is 12.7 Å². The van der Waals surface area contributed by atoms with E-state index in [1.54, 1.807) is 0 Å². The Bertz CT molecular complexity index is 170. The molecule has 0 heterocycles. The second-order valence-electron chi connectivity index (χ2n) is 5.12. The molecule has 1 aliphatic carbocycles. The van der Waals surface area contributed by atoms with Gasteiger partial charge in [0.25, 0.3) is 0 Å². The fourth-order valence-electron chi connectivity index (χ4n) is 2.54. The van der Waals surface area contributed by atoms with Crippen LogP contribution in [-0.2, 0) is 4.74 Å². The number of unbranched alkanes of at least 4 members (excludes halogenated alkanes) is 1. The molecule has 96 valence electrons. The van der Waals surface area contributed by atoms with Crippen LogP contribution in [0.5, 0.6) is 0 Å². The molecule has 0 aromatic carbocycles. The van der Waals surface area contributed by atoms with E-state index in [1.165, 1.54) is 44.9 Å². The molecule has 1 N–H and O–H groups in total. The third-order valence-corrected chi connectivity index (χ3v) is 3.74. The van der Waals surface area contributed by atoms with Crippen molar-refractivity contribution in [1.82, 2.24) is 0 Å². The van der Waals surface area contributed by atoms with Gasteiger partial charge >= 0.3 is 0 Å². The molecule has 3 unspecified atom stereocenters. The number of aliphatic hydroxyl groups excluding tert-OH is 1. The van der Waals surface area contributed by atoms with E-state index in [1.807, 2.05) is 6.92 Å². The first kappa shape index (κ1) is 14.0. The first-order valence-electron chi connectivity index (χ1n) is 7.07. The van der Waals surface area contributed by atoms with Crippen LogP contribution in [0.2, 0.25) is 0 Å². The fourth-order valence-corrected chi connectivity index (χ4v) is 2.54. The lowest BCUT2D eigenvalue weighted by molar-refractivity contribution is -0.0524. The topological polar surface area (TPSA) is 29.5 Å². The summed E-state index contributed by atoms with van der Waals surface area (Å²) in [5, 5.41) is 9.53. The molecule has 1 aliphatic rings. The molecule has 2 nitrogen and oxygen atoms in total. The number of hydrogen-bond acceptors (Lipinski definition) is 2. The van der Waals surface area contributed by atoms with Gasteiger partial charge in [0, 0.05) is 0 Å². The van der Waals surface area contributed by atoms with Crippen LogP contribution < -0.4 is 0 Å². The standard InChI is InChI=1S/C14H28O2/c1-3-5-8-12-9-6-7-10-14(12)16-11-13(15)4-2/h12-15H,3-11H2,1-2H3. The Labute approximate surface area is 100 Å². The molecular weight excluding hydrogens is 200 g/mol. The van der Waals surface area contributed by atoms with Crippen LogP contribution in [0.3, 0.4) is 0 Å². The lowest BCUT2D eigenvalue weighted by Gasteiger charge is -2.32. The summed E-state index contributed by atoms with van der Waals surface area (Å²) in [5.74, 6) is 0.748. The molecule has 0 saturated heterocycles. The van der Waals surface area contributed by atoms with Crippen molar-refractivity contribution in [2.24, 2.45) is 5.92 Å². The van der Waals surface area contributed by atoms with Crippen LogP contribution in [0.4, 0.5) is 0 Å². The van der Waals surface area contributed by atoms with Crippen molar-refractivity contribution < 1.29 is 9.84 Å². The van der Waals surface area contributed by atoms with Crippen LogP contribution in [0, 0.1) is 5.92 Å². The van der Waals surface area contributed by atoms with Gasteiger partial charge in [-0.3, -0.25) is 0 Å². The second kappa shape index (κ2) is 8.08. The summed E-state index contributed by atoms with van der Waals surface area (Å²) in [6, 6.07) is 0. The van der Waals surface area contributed by atoms with Gasteiger partial charge in [0.1, 0.15) is 0 Å². The molecule has 0 aromatic heterocycles. The molecule has 1 fully saturated rings. The first-order valence-corrected chi connectivity index (χ1v) is 7.07. The van der Waals surface area contributed by atoms with Gasteiger partial charge in [0.2, 0.25) is 0 Å². The zero-order valence-electron chi connectivity index (χ0n) is 11.0. The Morgan fingerprint density at radius 3 is 2.69 bits per heavy atom. The van der Waals surface area contributed by atoms with Gasteiger partial charge in [-0.1, -0.05) is 39.5 Å². The predicted molar refractivity (Wildman–Crippen MR) is 67.5 cm³/mol. The Balaban J connectivity index is 2.28. The lowest BCUT2D eigenvalue weighted by atomic mass is 9.83. The minimum atomic E-state index is -0.270. The third-order valence-electron chi connectivity index (χ3n) is 3.74. The van der Waals surface area contributed by atoms with Crippen molar-refractivity contribution in [2.45, 2.75) is 77.4 Å². The highest BCUT2D eigenvalue weighted by Gasteiger charge is 2.25. The number of rotatable bonds is 7. The molecule has 1 saturated carbocycles. The van der Waals surface area contributed by atoms with Gasteiger partial charge in [-0.25, -0.2) is 0 Å². The van der Waals surface area contributed by atoms with Crippen LogP contribution in [0.15, 0.2) is 0 Å². The fraction of sp³-hybridized carbons (Fsp3) is 1.00. The quantitative estimate of drug-likeness (QED) is 0.722. The van der Waals surface area contributed by atoms with Gasteiger partial charge < -0.3 is 9.84 Å². The smallest absolute Gasteiger partial charge is 0.0771 e. The molecule has 1 rings (SSSR count). The summed E-state index contributed by atoms with van der Waals surface area (Å²) in [6.07, 6.45) is 10.0. The SMILES string of the molecule is CCCCC1CCCCC1OCC(O)CC. The van der Waals surface area contributed by atoms with Crippen molar-refractivity contribution in [1.29, 1.82) is 0 Å². The van der Waals surface area contributed by atoms with Gasteiger partial charge in [-0.2, -0.15) is 0 Å². The van der Waals surface area contributed by atoms with E-state index in [-0.39, 0.29) is 6.10 Å². The van der Waals surface area contributed by atoms with E-state index in [0.717, 1.165) is 12.3 Å². The molecule has 0 radical (unpaired) electrons. The van der Waals surface area contributed by atoms with Crippen LogP contribution in [-0.4, -0.2) is 23.9 Å². The summed E-state index contributed by atoms with van der Waals surface area (Å²) < 4.78 is 5.90. The van der Waals surface area contributed by atoms with E-state index in [4.69, 9.17) is 4.74 Å².